The van der Waals surface area contributed by atoms with Gasteiger partial charge in [-0.1, -0.05) is 49.8 Å². The van der Waals surface area contributed by atoms with Crippen LogP contribution in [0.4, 0.5) is 0 Å². The van der Waals surface area contributed by atoms with E-state index in [0.717, 1.165) is 29.9 Å². The van der Waals surface area contributed by atoms with E-state index >= 15 is 0 Å². The molecule has 0 aliphatic rings. The largest absolute Gasteiger partial charge is 0.466 e. The zero-order valence-corrected chi connectivity index (χ0v) is 12.4. The quantitative estimate of drug-likeness (QED) is 0.414. The highest BCUT2D eigenvalue weighted by Gasteiger charge is 1.95. The summed E-state index contributed by atoms with van der Waals surface area (Å²) < 4.78 is 5.79. The highest BCUT2D eigenvalue weighted by Crippen LogP contribution is 2.12. The average Bonchev–Trinajstić information content (AvgIpc) is 2.39. The molecule has 1 heteroatoms. The van der Waals surface area contributed by atoms with Crippen molar-refractivity contribution in [1.82, 2.24) is 0 Å². The molecule has 0 aromatic heterocycles. The maximum absolute atomic E-state index is 5.79. The summed E-state index contributed by atoms with van der Waals surface area (Å²) in [4.78, 5) is 0. The summed E-state index contributed by atoms with van der Waals surface area (Å²) in [6.45, 7) is 14.1. The lowest BCUT2D eigenvalue weighted by Crippen LogP contribution is -1.88. The summed E-state index contributed by atoms with van der Waals surface area (Å²) >= 11 is 0. The van der Waals surface area contributed by atoms with Gasteiger partial charge < -0.3 is 4.74 Å². The van der Waals surface area contributed by atoms with Crippen molar-refractivity contribution in [2.24, 2.45) is 0 Å². The Morgan fingerprint density at radius 1 is 0.944 bits per heavy atom. The third-order valence-electron chi connectivity index (χ3n) is 2.65. The van der Waals surface area contributed by atoms with Crippen molar-refractivity contribution in [2.45, 2.75) is 47.5 Å². The van der Waals surface area contributed by atoms with Crippen molar-refractivity contribution < 1.29 is 4.74 Å². The fourth-order valence-electron chi connectivity index (χ4n) is 1.13. The van der Waals surface area contributed by atoms with Crippen LogP contribution in [0.3, 0.4) is 0 Å². The van der Waals surface area contributed by atoms with Gasteiger partial charge in [-0.3, -0.25) is 0 Å². The first kappa shape index (κ1) is 16.5. The van der Waals surface area contributed by atoms with Gasteiger partial charge in [0, 0.05) is 6.42 Å². The molecule has 0 saturated heterocycles. The first-order chi connectivity index (χ1) is 8.53. The third kappa shape index (κ3) is 7.72. The third-order valence-corrected chi connectivity index (χ3v) is 2.65. The lowest BCUT2D eigenvalue weighted by Gasteiger charge is -2.07. The number of allylic oxidation sites excluding steroid dienone is 9. The maximum Gasteiger partial charge on any atom is 0.103 e. The minimum atomic E-state index is 0.892. The van der Waals surface area contributed by atoms with Gasteiger partial charge in [0.1, 0.15) is 11.5 Å². The molecule has 0 aromatic rings. The summed E-state index contributed by atoms with van der Waals surface area (Å²) in [6.07, 6.45) is 11.9. The molecule has 1 nitrogen and oxygen atoms in total. The highest BCUT2D eigenvalue weighted by molar-refractivity contribution is 5.21. The minimum absolute atomic E-state index is 0.892. The molecule has 0 unspecified atom stereocenters. The van der Waals surface area contributed by atoms with Crippen LogP contribution in [-0.2, 0) is 4.74 Å². The molecule has 0 saturated carbocycles. The first-order valence-electron chi connectivity index (χ1n) is 6.55. The molecule has 18 heavy (non-hydrogen) atoms. The Kier molecular flexibility index (Phi) is 8.73. The van der Waals surface area contributed by atoms with Gasteiger partial charge in [-0.05, 0) is 39.3 Å². The summed E-state index contributed by atoms with van der Waals surface area (Å²) in [5.74, 6) is 1.88. The normalized spacial score (nSPS) is 14.7. The van der Waals surface area contributed by atoms with Crippen molar-refractivity contribution in [1.29, 1.82) is 0 Å². The Morgan fingerprint density at radius 2 is 1.61 bits per heavy atom. The van der Waals surface area contributed by atoms with Crippen LogP contribution < -0.4 is 0 Å². The van der Waals surface area contributed by atoms with Gasteiger partial charge in [-0.2, -0.15) is 0 Å². The van der Waals surface area contributed by atoms with Crippen molar-refractivity contribution >= 4 is 0 Å². The van der Waals surface area contributed by atoms with E-state index in [1.807, 2.05) is 32.1 Å². The Balaban J connectivity index is 4.69. The maximum atomic E-state index is 5.79. The Hall–Kier alpha value is -1.50. The second-order valence-corrected chi connectivity index (χ2v) is 4.35. The summed E-state index contributed by atoms with van der Waals surface area (Å²) in [5, 5.41) is 0. The molecule has 0 spiro atoms. The lowest BCUT2D eigenvalue weighted by atomic mass is 10.2. The molecule has 0 aliphatic heterocycles. The van der Waals surface area contributed by atoms with Crippen molar-refractivity contribution in [3.8, 4) is 0 Å². The predicted molar refractivity (Wildman–Crippen MR) is 81.2 cm³/mol. The van der Waals surface area contributed by atoms with Crippen LogP contribution in [0.25, 0.3) is 0 Å². The van der Waals surface area contributed by atoms with E-state index in [1.54, 1.807) is 0 Å². The van der Waals surface area contributed by atoms with Crippen LogP contribution in [0.2, 0.25) is 0 Å². The van der Waals surface area contributed by atoms with Gasteiger partial charge in [0.2, 0.25) is 0 Å². The van der Waals surface area contributed by atoms with E-state index in [0.29, 0.717) is 0 Å². The SMILES string of the molecule is C=C/C(C)=C\C=C(/C)O/C(=C/C=C(/C)CC)CC. The molecule has 0 amide bonds. The van der Waals surface area contributed by atoms with Crippen LogP contribution in [0.5, 0.6) is 0 Å². The monoisotopic (exact) mass is 246 g/mol. The van der Waals surface area contributed by atoms with E-state index < -0.39 is 0 Å². The fraction of sp³-hybridized carbons (Fsp3) is 0.412. The molecule has 0 aliphatic carbocycles. The predicted octanol–water partition coefficient (Wildman–Crippen LogP) is 5.69. The van der Waals surface area contributed by atoms with Gasteiger partial charge in [0.25, 0.3) is 0 Å². The van der Waals surface area contributed by atoms with Gasteiger partial charge in [0.05, 0.1) is 0 Å². The van der Waals surface area contributed by atoms with E-state index in [4.69, 9.17) is 4.74 Å². The molecular formula is C17H26O. The molecule has 0 heterocycles. The number of hydrogen-bond donors (Lipinski definition) is 0. The smallest absolute Gasteiger partial charge is 0.103 e. The zero-order valence-electron chi connectivity index (χ0n) is 12.4. The van der Waals surface area contributed by atoms with Crippen molar-refractivity contribution in [3.63, 3.8) is 0 Å². The van der Waals surface area contributed by atoms with E-state index in [9.17, 15) is 0 Å². The summed E-state index contributed by atoms with van der Waals surface area (Å²) in [5.41, 5.74) is 2.48. The van der Waals surface area contributed by atoms with Crippen LogP contribution in [0.15, 0.2) is 59.6 Å². The highest BCUT2D eigenvalue weighted by atomic mass is 16.5. The Morgan fingerprint density at radius 3 is 2.11 bits per heavy atom. The molecule has 0 bridgehead atoms. The molecule has 0 atom stereocenters. The molecule has 0 radical (unpaired) electrons. The first-order valence-corrected chi connectivity index (χ1v) is 6.55. The van der Waals surface area contributed by atoms with E-state index in [-0.39, 0.29) is 0 Å². The average molecular weight is 246 g/mol. The lowest BCUT2D eigenvalue weighted by molar-refractivity contribution is 0.296. The molecule has 0 N–H and O–H groups in total. The second kappa shape index (κ2) is 9.52. The number of hydrogen-bond acceptors (Lipinski definition) is 1. The molecule has 0 fully saturated rings. The van der Waals surface area contributed by atoms with Crippen LogP contribution in [0.1, 0.15) is 47.5 Å². The van der Waals surface area contributed by atoms with Gasteiger partial charge in [0.15, 0.2) is 0 Å². The number of rotatable bonds is 7. The Labute approximate surface area is 112 Å². The van der Waals surface area contributed by atoms with Crippen LogP contribution in [0, 0.1) is 0 Å². The molecule has 100 valence electrons. The summed E-state index contributed by atoms with van der Waals surface area (Å²) in [6, 6.07) is 0. The van der Waals surface area contributed by atoms with Crippen molar-refractivity contribution in [2.75, 3.05) is 0 Å². The van der Waals surface area contributed by atoms with E-state index in [1.165, 1.54) is 5.57 Å². The summed E-state index contributed by atoms with van der Waals surface area (Å²) in [7, 11) is 0. The van der Waals surface area contributed by atoms with Crippen molar-refractivity contribution in [3.05, 3.63) is 59.6 Å². The second-order valence-electron chi connectivity index (χ2n) is 4.35. The molecular weight excluding hydrogens is 220 g/mol. The minimum Gasteiger partial charge on any atom is -0.466 e. The molecule has 0 rings (SSSR count). The van der Waals surface area contributed by atoms with Gasteiger partial charge in [-0.15, -0.1) is 0 Å². The molecule has 0 aromatic carbocycles. The zero-order chi connectivity index (χ0) is 14.0. The number of ether oxygens (including phenoxy) is 1. The van der Waals surface area contributed by atoms with Gasteiger partial charge >= 0.3 is 0 Å². The van der Waals surface area contributed by atoms with Gasteiger partial charge in [-0.25, -0.2) is 0 Å². The van der Waals surface area contributed by atoms with Crippen LogP contribution >= 0.6 is 0 Å². The topological polar surface area (TPSA) is 9.23 Å². The Bertz CT molecular complexity index is 378. The standard InChI is InChI=1S/C17H26O/c1-7-14(4)10-12-16(6)18-17(9-3)13-11-15(5)8-2/h7,10-13H,1,8-9H2,2-6H3/b14-10-,15-11-,16-12+,17-13+. The van der Waals surface area contributed by atoms with Crippen LogP contribution in [-0.4, -0.2) is 0 Å². The van der Waals surface area contributed by atoms with E-state index in [2.05, 4.69) is 39.5 Å². The fourth-order valence-corrected chi connectivity index (χ4v) is 1.13.